The molecular formula is C13H18OS. The fourth-order valence-electron chi connectivity index (χ4n) is 3.42. The Kier molecular flexibility index (Phi) is 2.37. The molecule has 0 amide bonds. The minimum atomic E-state index is -0.241. The molecule has 0 saturated heterocycles. The van der Waals surface area contributed by atoms with Crippen molar-refractivity contribution in [2.24, 2.45) is 11.8 Å². The summed E-state index contributed by atoms with van der Waals surface area (Å²) in [4.78, 5) is 1.46. The van der Waals surface area contributed by atoms with Crippen LogP contribution in [0.25, 0.3) is 0 Å². The molecule has 0 spiro atoms. The van der Waals surface area contributed by atoms with Crippen LogP contribution in [-0.2, 0) is 6.42 Å². The first kappa shape index (κ1) is 9.86. The summed E-state index contributed by atoms with van der Waals surface area (Å²) in [5.41, 5.74) is -0.241. The average Bonchev–Trinajstić information content (AvgIpc) is 2.76. The molecule has 2 aliphatic carbocycles. The monoisotopic (exact) mass is 222 g/mol. The van der Waals surface area contributed by atoms with E-state index in [-0.39, 0.29) is 5.60 Å². The van der Waals surface area contributed by atoms with Crippen LogP contribution in [0.2, 0.25) is 0 Å². The molecule has 2 unspecified atom stereocenters. The first-order chi connectivity index (χ1) is 7.31. The van der Waals surface area contributed by atoms with E-state index in [0.29, 0.717) is 11.8 Å². The molecule has 1 aromatic heterocycles. The highest BCUT2D eigenvalue weighted by molar-refractivity contribution is 7.09. The molecular weight excluding hydrogens is 204 g/mol. The Balaban J connectivity index is 1.47. The zero-order valence-electron chi connectivity index (χ0n) is 8.98. The van der Waals surface area contributed by atoms with Gasteiger partial charge in [-0.3, -0.25) is 0 Å². The SMILES string of the molecule is OC1(CCCc2cccs2)C2CCCC21. The lowest BCUT2D eigenvalue weighted by atomic mass is 10.0. The van der Waals surface area contributed by atoms with Crippen LogP contribution in [0, 0.1) is 11.8 Å². The van der Waals surface area contributed by atoms with E-state index in [1.807, 2.05) is 11.3 Å². The summed E-state index contributed by atoms with van der Waals surface area (Å²) < 4.78 is 0. The molecule has 1 aromatic rings. The van der Waals surface area contributed by atoms with Crippen molar-refractivity contribution >= 4 is 11.3 Å². The van der Waals surface area contributed by atoms with Gasteiger partial charge in [0.2, 0.25) is 0 Å². The lowest BCUT2D eigenvalue weighted by molar-refractivity contribution is 0.0946. The predicted octanol–water partition coefficient (Wildman–Crippen LogP) is 3.23. The molecule has 2 aliphatic rings. The van der Waals surface area contributed by atoms with Crippen molar-refractivity contribution < 1.29 is 5.11 Å². The number of rotatable bonds is 4. The molecule has 0 radical (unpaired) electrons. The number of thiophene rings is 1. The number of hydrogen-bond acceptors (Lipinski definition) is 2. The van der Waals surface area contributed by atoms with Gasteiger partial charge in [0.1, 0.15) is 0 Å². The highest BCUT2D eigenvalue weighted by Crippen LogP contribution is 2.62. The van der Waals surface area contributed by atoms with Crippen LogP contribution in [0.3, 0.4) is 0 Å². The van der Waals surface area contributed by atoms with Crippen LogP contribution in [0.5, 0.6) is 0 Å². The second kappa shape index (κ2) is 3.60. The van der Waals surface area contributed by atoms with Crippen LogP contribution in [0.1, 0.15) is 37.0 Å². The molecule has 15 heavy (non-hydrogen) atoms. The van der Waals surface area contributed by atoms with Crippen LogP contribution in [0.15, 0.2) is 17.5 Å². The Morgan fingerprint density at radius 3 is 2.87 bits per heavy atom. The van der Waals surface area contributed by atoms with Crippen molar-refractivity contribution in [3.63, 3.8) is 0 Å². The minimum Gasteiger partial charge on any atom is -0.389 e. The fourth-order valence-corrected chi connectivity index (χ4v) is 4.17. The maximum atomic E-state index is 10.3. The normalized spacial score (nSPS) is 37.9. The second-order valence-corrected chi connectivity index (χ2v) is 6.10. The van der Waals surface area contributed by atoms with E-state index in [1.165, 1.54) is 24.1 Å². The maximum Gasteiger partial charge on any atom is 0.0711 e. The Bertz CT molecular complexity index is 320. The third-order valence-corrected chi connectivity index (χ3v) is 5.21. The smallest absolute Gasteiger partial charge is 0.0711 e. The fraction of sp³-hybridized carbons (Fsp3) is 0.692. The van der Waals surface area contributed by atoms with Gasteiger partial charge in [-0.15, -0.1) is 11.3 Å². The summed E-state index contributed by atoms with van der Waals surface area (Å²) in [6.45, 7) is 0. The number of fused-ring (bicyclic) bond motifs is 1. The molecule has 2 atom stereocenters. The van der Waals surface area contributed by atoms with E-state index >= 15 is 0 Å². The van der Waals surface area contributed by atoms with Crippen molar-refractivity contribution in [3.05, 3.63) is 22.4 Å². The number of aryl methyl sites for hydroxylation is 1. The van der Waals surface area contributed by atoms with Gasteiger partial charge in [0, 0.05) is 4.88 Å². The van der Waals surface area contributed by atoms with Gasteiger partial charge in [-0.25, -0.2) is 0 Å². The van der Waals surface area contributed by atoms with E-state index in [9.17, 15) is 5.11 Å². The van der Waals surface area contributed by atoms with Gasteiger partial charge in [-0.1, -0.05) is 12.5 Å². The second-order valence-electron chi connectivity index (χ2n) is 5.07. The molecule has 1 heterocycles. The van der Waals surface area contributed by atoms with Gasteiger partial charge < -0.3 is 5.11 Å². The minimum absolute atomic E-state index is 0.241. The summed E-state index contributed by atoms with van der Waals surface area (Å²) in [6, 6.07) is 4.31. The van der Waals surface area contributed by atoms with Crippen LogP contribution in [-0.4, -0.2) is 10.7 Å². The molecule has 1 N–H and O–H groups in total. The van der Waals surface area contributed by atoms with E-state index < -0.39 is 0 Å². The van der Waals surface area contributed by atoms with Crippen molar-refractivity contribution in [3.8, 4) is 0 Å². The first-order valence-electron chi connectivity index (χ1n) is 6.05. The van der Waals surface area contributed by atoms with Gasteiger partial charge >= 0.3 is 0 Å². The van der Waals surface area contributed by atoms with Crippen molar-refractivity contribution in [2.75, 3.05) is 0 Å². The maximum absolute atomic E-state index is 10.3. The largest absolute Gasteiger partial charge is 0.389 e. The van der Waals surface area contributed by atoms with Crippen LogP contribution in [0.4, 0.5) is 0 Å². The van der Waals surface area contributed by atoms with Crippen molar-refractivity contribution in [1.29, 1.82) is 0 Å². The predicted molar refractivity (Wildman–Crippen MR) is 63.0 cm³/mol. The molecule has 2 fully saturated rings. The van der Waals surface area contributed by atoms with E-state index in [0.717, 1.165) is 19.3 Å². The van der Waals surface area contributed by atoms with Crippen LogP contribution < -0.4 is 0 Å². The summed E-state index contributed by atoms with van der Waals surface area (Å²) in [5.74, 6) is 1.33. The Labute approximate surface area is 95.1 Å². The third-order valence-electron chi connectivity index (χ3n) is 4.27. The standard InChI is InChI=1S/C13H18OS/c14-13(11-6-1-7-12(11)13)8-2-4-10-5-3-9-15-10/h3,5,9,11-12,14H,1-2,4,6-8H2. The molecule has 0 aromatic carbocycles. The lowest BCUT2D eigenvalue weighted by Gasteiger charge is -2.13. The van der Waals surface area contributed by atoms with Crippen LogP contribution >= 0.6 is 11.3 Å². The Hall–Kier alpha value is -0.340. The lowest BCUT2D eigenvalue weighted by Crippen LogP contribution is -2.15. The molecule has 0 aliphatic heterocycles. The van der Waals surface area contributed by atoms with Gasteiger partial charge in [0.05, 0.1) is 5.60 Å². The molecule has 2 saturated carbocycles. The average molecular weight is 222 g/mol. The molecule has 2 heteroatoms. The van der Waals surface area contributed by atoms with Gasteiger partial charge in [-0.05, 0) is 55.4 Å². The zero-order chi connectivity index (χ0) is 10.3. The summed E-state index contributed by atoms with van der Waals surface area (Å²) in [7, 11) is 0. The summed E-state index contributed by atoms with van der Waals surface area (Å²) >= 11 is 1.83. The van der Waals surface area contributed by atoms with E-state index in [4.69, 9.17) is 0 Å². The molecule has 1 nitrogen and oxygen atoms in total. The topological polar surface area (TPSA) is 20.2 Å². The first-order valence-corrected chi connectivity index (χ1v) is 6.93. The van der Waals surface area contributed by atoms with Gasteiger partial charge in [-0.2, -0.15) is 0 Å². The van der Waals surface area contributed by atoms with Gasteiger partial charge in [0.25, 0.3) is 0 Å². The molecule has 82 valence electrons. The Morgan fingerprint density at radius 1 is 1.40 bits per heavy atom. The highest BCUT2D eigenvalue weighted by Gasteiger charge is 2.64. The Morgan fingerprint density at radius 2 is 2.20 bits per heavy atom. The van der Waals surface area contributed by atoms with Crippen molar-refractivity contribution in [1.82, 2.24) is 0 Å². The quantitative estimate of drug-likeness (QED) is 0.829. The molecule has 3 rings (SSSR count). The van der Waals surface area contributed by atoms with Crippen molar-refractivity contribution in [2.45, 2.75) is 44.1 Å². The van der Waals surface area contributed by atoms with E-state index in [1.54, 1.807) is 0 Å². The number of hydrogen-bond donors (Lipinski definition) is 1. The summed E-state index contributed by atoms with van der Waals surface area (Å²) in [6.07, 6.45) is 7.24. The van der Waals surface area contributed by atoms with Gasteiger partial charge in [0.15, 0.2) is 0 Å². The summed E-state index contributed by atoms with van der Waals surface area (Å²) in [5, 5.41) is 12.5. The third kappa shape index (κ3) is 1.64. The van der Waals surface area contributed by atoms with E-state index in [2.05, 4.69) is 17.5 Å². The zero-order valence-corrected chi connectivity index (χ0v) is 9.80. The molecule has 0 bridgehead atoms. The highest BCUT2D eigenvalue weighted by atomic mass is 32.1. The number of aliphatic hydroxyl groups is 1.